The van der Waals surface area contributed by atoms with Crippen molar-refractivity contribution in [1.29, 1.82) is 0 Å². The molecule has 2 N–H and O–H groups in total. The quantitative estimate of drug-likeness (QED) is 0.911. The van der Waals surface area contributed by atoms with E-state index >= 15 is 0 Å². The van der Waals surface area contributed by atoms with Gasteiger partial charge in [-0.1, -0.05) is 36.2 Å². The Morgan fingerprint density at radius 3 is 2.70 bits per heavy atom. The molecule has 23 heavy (non-hydrogen) atoms. The summed E-state index contributed by atoms with van der Waals surface area (Å²) in [4.78, 5) is 4.29. The van der Waals surface area contributed by atoms with Gasteiger partial charge in [0.15, 0.2) is 5.82 Å². The van der Waals surface area contributed by atoms with Gasteiger partial charge < -0.3 is 15.0 Å². The number of nitrogens with zero attached hydrogens (tertiary/aromatic N) is 2. The minimum absolute atomic E-state index is 0.0876. The summed E-state index contributed by atoms with van der Waals surface area (Å²) in [5, 5.41) is 3.94. The van der Waals surface area contributed by atoms with Gasteiger partial charge in [-0.05, 0) is 25.0 Å². The molecule has 1 saturated carbocycles. The van der Waals surface area contributed by atoms with E-state index in [1.165, 1.54) is 6.07 Å². The maximum atomic E-state index is 12.4. The number of alkyl halides is 2. The second kappa shape index (κ2) is 6.45. The Hall–Kier alpha value is -2.28. The van der Waals surface area contributed by atoms with Crippen molar-refractivity contribution >= 4 is 12.2 Å². The highest BCUT2D eigenvalue weighted by Crippen LogP contribution is 2.34. The highest BCUT2D eigenvalue weighted by molar-refractivity contribution is 5.69. The summed E-state index contributed by atoms with van der Waals surface area (Å²) in [6.45, 7) is -2.88. The Balaban J connectivity index is 1.77. The molecule has 0 bridgehead atoms. The molecule has 0 atom stereocenters. The minimum atomic E-state index is -2.88. The molecule has 122 valence electrons. The number of nitrogens with two attached hydrogens (primary N) is 1. The van der Waals surface area contributed by atoms with Crippen molar-refractivity contribution in [2.45, 2.75) is 37.8 Å². The number of ether oxygens (including phenoxy) is 1. The molecule has 3 rings (SSSR count). The van der Waals surface area contributed by atoms with E-state index in [1.807, 2.05) is 0 Å². The maximum absolute atomic E-state index is 12.4. The molecule has 0 spiro atoms. The van der Waals surface area contributed by atoms with Crippen molar-refractivity contribution in [2.75, 3.05) is 0 Å². The first-order chi connectivity index (χ1) is 11.1. The standard InChI is InChI=1S/C16H17F2N3O2/c17-15(18)22-12-6-2-1-5-11(12)7-8-13-20-14(21-23-13)16(19)9-3-4-10-16/h1-2,5-8,15H,3-4,9-10,19H2/b8-7+. The number of para-hydroxylation sites is 1. The van der Waals surface area contributed by atoms with E-state index in [2.05, 4.69) is 14.9 Å². The fraction of sp³-hybridized carbons (Fsp3) is 0.375. The van der Waals surface area contributed by atoms with Crippen molar-refractivity contribution in [2.24, 2.45) is 5.73 Å². The lowest BCUT2D eigenvalue weighted by molar-refractivity contribution is -0.0499. The Morgan fingerprint density at radius 2 is 1.96 bits per heavy atom. The van der Waals surface area contributed by atoms with Crippen molar-refractivity contribution in [3.05, 3.63) is 41.5 Å². The zero-order chi connectivity index (χ0) is 16.3. The largest absolute Gasteiger partial charge is 0.434 e. The monoisotopic (exact) mass is 321 g/mol. The molecule has 7 heteroatoms. The van der Waals surface area contributed by atoms with E-state index < -0.39 is 12.2 Å². The third kappa shape index (κ3) is 3.56. The Kier molecular flexibility index (Phi) is 4.38. The van der Waals surface area contributed by atoms with Gasteiger partial charge in [-0.25, -0.2) is 0 Å². The average Bonchev–Trinajstić information content (AvgIpc) is 3.16. The van der Waals surface area contributed by atoms with Crippen LogP contribution >= 0.6 is 0 Å². The molecular formula is C16H17F2N3O2. The lowest BCUT2D eigenvalue weighted by Gasteiger charge is -2.17. The van der Waals surface area contributed by atoms with Gasteiger partial charge in [0, 0.05) is 11.6 Å². The summed E-state index contributed by atoms with van der Waals surface area (Å²) in [7, 11) is 0. The minimum Gasteiger partial charge on any atom is -0.434 e. The van der Waals surface area contributed by atoms with Crippen LogP contribution in [-0.2, 0) is 5.54 Å². The molecule has 0 saturated heterocycles. The number of aromatic nitrogens is 2. The van der Waals surface area contributed by atoms with Crippen LogP contribution in [0.2, 0.25) is 0 Å². The average molecular weight is 321 g/mol. The Morgan fingerprint density at radius 1 is 1.22 bits per heavy atom. The summed E-state index contributed by atoms with van der Waals surface area (Å²) in [5.74, 6) is 0.861. The van der Waals surface area contributed by atoms with Crippen LogP contribution in [0.25, 0.3) is 12.2 Å². The van der Waals surface area contributed by atoms with Gasteiger partial charge in [0.1, 0.15) is 5.75 Å². The van der Waals surface area contributed by atoms with Crippen LogP contribution < -0.4 is 10.5 Å². The first-order valence-corrected chi connectivity index (χ1v) is 7.42. The first kappa shape index (κ1) is 15.6. The van der Waals surface area contributed by atoms with Crippen LogP contribution in [0.4, 0.5) is 8.78 Å². The van der Waals surface area contributed by atoms with Crippen LogP contribution in [0, 0.1) is 0 Å². The summed E-state index contributed by atoms with van der Waals surface area (Å²) < 4.78 is 34.4. The van der Waals surface area contributed by atoms with E-state index in [-0.39, 0.29) is 11.6 Å². The summed E-state index contributed by atoms with van der Waals surface area (Å²) in [6.07, 6.45) is 6.92. The second-order valence-electron chi connectivity index (χ2n) is 5.57. The highest BCUT2D eigenvalue weighted by atomic mass is 19.3. The Bertz CT molecular complexity index is 694. The SMILES string of the molecule is NC1(c2noc(/C=C/c3ccccc3OC(F)F)n2)CCCC1. The predicted molar refractivity (Wildman–Crippen MR) is 80.6 cm³/mol. The summed E-state index contributed by atoms with van der Waals surface area (Å²) in [5.41, 5.74) is 6.24. The number of hydrogen-bond donors (Lipinski definition) is 1. The van der Waals surface area contributed by atoms with Crippen molar-refractivity contribution in [3.8, 4) is 5.75 Å². The zero-order valence-electron chi connectivity index (χ0n) is 12.4. The number of rotatable bonds is 5. The Labute approximate surface area is 132 Å². The van der Waals surface area contributed by atoms with Crippen LogP contribution in [0.5, 0.6) is 5.75 Å². The van der Waals surface area contributed by atoms with Crippen molar-refractivity contribution in [1.82, 2.24) is 10.1 Å². The van der Waals surface area contributed by atoms with Crippen LogP contribution in [0.15, 0.2) is 28.8 Å². The fourth-order valence-electron chi connectivity index (χ4n) is 2.72. The molecule has 1 aliphatic carbocycles. The number of hydrogen-bond acceptors (Lipinski definition) is 5. The molecule has 1 heterocycles. The fourth-order valence-corrected chi connectivity index (χ4v) is 2.72. The van der Waals surface area contributed by atoms with Crippen molar-refractivity contribution in [3.63, 3.8) is 0 Å². The van der Waals surface area contributed by atoms with E-state index in [4.69, 9.17) is 10.3 Å². The van der Waals surface area contributed by atoms with Gasteiger partial charge in [0.2, 0.25) is 0 Å². The lowest BCUT2D eigenvalue weighted by Crippen LogP contribution is -2.34. The van der Waals surface area contributed by atoms with Gasteiger partial charge >= 0.3 is 6.61 Å². The predicted octanol–water partition coefficient (Wildman–Crippen LogP) is 3.57. The van der Waals surface area contributed by atoms with Gasteiger partial charge in [0.05, 0.1) is 5.54 Å². The molecule has 1 fully saturated rings. The summed E-state index contributed by atoms with van der Waals surface area (Å²) >= 11 is 0. The van der Waals surface area contributed by atoms with E-state index in [0.717, 1.165) is 25.7 Å². The van der Waals surface area contributed by atoms with Gasteiger partial charge in [-0.15, -0.1) is 0 Å². The van der Waals surface area contributed by atoms with E-state index in [1.54, 1.807) is 30.4 Å². The van der Waals surface area contributed by atoms with E-state index in [9.17, 15) is 8.78 Å². The third-order valence-corrected chi connectivity index (χ3v) is 3.92. The molecule has 0 amide bonds. The zero-order valence-corrected chi connectivity index (χ0v) is 12.4. The van der Waals surface area contributed by atoms with Crippen LogP contribution in [0.1, 0.15) is 43.0 Å². The molecule has 5 nitrogen and oxygen atoms in total. The van der Waals surface area contributed by atoms with E-state index in [0.29, 0.717) is 11.4 Å². The molecule has 1 aromatic carbocycles. The number of halogens is 2. The highest BCUT2D eigenvalue weighted by Gasteiger charge is 2.35. The molecular weight excluding hydrogens is 304 g/mol. The number of benzene rings is 1. The second-order valence-corrected chi connectivity index (χ2v) is 5.57. The smallest absolute Gasteiger partial charge is 0.387 e. The molecule has 1 aliphatic rings. The van der Waals surface area contributed by atoms with Crippen molar-refractivity contribution < 1.29 is 18.0 Å². The first-order valence-electron chi connectivity index (χ1n) is 7.42. The molecule has 1 aromatic heterocycles. The van der Waals surface area contributed by atoms with Crippen LogP contribution in [-0.4, -0.2) is 16.8 Å². The van der Waals surface area contributed by atoms with Gasteiger partial charge in [-0.3, -0.25) is 0 Å². The van der Waals surface area contributed by atoms with Gasteiger partial charge in [-0.2, -0.15) is 13.8 Å². The van der Waals surface area contributed by atoms with Crippen LogP contribution in [0.3, 0.4) is 0 Å². The normalized spacial score (nSPS) is 17.2. The third-order valence-electron chi connectivity index (χ3n) is 3.92. The lowest BCUT2D eigenvalue weighted by atomic mass is 9.99. The molecule has 0 radical (unpaired) electrons. The van der Waals surface area contributed by atoms with Gasteiger partial charge in [0.25, 0.3) is 5.89 Å². The molecule has 2 aromatic rings. The summed E-state index contributed by atoms with van der Waals surface area (Å²) in [6, 6.07) is 6.48. The topological polar surface area (TPSA) is 74.2 Å². The maximum Gasteiger partial charge on any atom is 0.387 e. The molecule has 0 unspecified atom stereocenters. The molecule has 0 aliphatic heterocycles.